The van der Waals surface area contributed by atoms with Crippen molar-refractivity contribution in [1.82, 2.24) is 0 Å². The molecule has 0 spiro atoms. The maximum atomic E-state index is 12.7. The Hall–Kier alpha value is -1.63. The molecule has 0 radical (unpaired) electrons. The SMILES string of the molecule is CCCCCCCCCCCCCCCCCC(=O)OCC(COC=O)(COC(=O)CCCCCCCCCCCCCCCCC)C[N+](C)(C)C. The number of nitrogens with zero attached hydrogens (tertiary/aromatic N) is 1. The minimum absolute atomic E-state index is 0.0322. The largest absolute Gasteiger partial charge is 0.467 e. The Morgan fingerprint density at radius 2 is 0.712 bits per heavy atom. The summed E-state index contributed by atoms with van der Waals surface area (Å²) in [5.74, 6) is -0.480. The van der Waals surface area contributed by atoms with Gasteiger partial charge >= 0.3 is 11.9 Å². The van der Waals surface area contributed by atoms with Crippen molar-refractivity contribution in [2.24, 2.45) is 5.41 Å². The Morgan fingerprint density at radius 1 is 0.442 bits per heavy atom. The van der Waals surface area contributed by atoms with E-state index in [1.807, 2.05) is 21.1 Å². The second-order valence-electron chi connectivity index (χ2n) is 17.1. The first kappa shape index (κ1) is 50.4. The number of hydrogen-bond donors (Lipinski definition) is 0. The molecule has 0 aromatic rings. The molecule has 0 aliphatic rings. The molecule has 0 N–H and O–H groups in total. The topological polar surface area (TPSA) is 78.9 Å². The molecule has 7 nitrogen and oxygen atoms in total. The van der Waals surface area contributed by atoms with Crippen LogP contribution in [0.25, 0.3) is 0 Å². The van der Waals surface area contributed by atoms with Gasteiger partial charge in [-0.1, -0.05) is 194 Å². The van der Waals surface area contributed by atoms with Crippen LogP contribution >= 0.6 is 0 Å². The minimum atomic E-state index is -0.797. The number of hydrogen-bond acceptors (Lipinski definition) is 6. The first-order chi connectivity index (χ1) is 25.2. The number of carbonyl (C=O) groups is 3. The Kier molecular flexibility index (Phi) is 35.2. The summed E-state index contributed by atoms with van der Waals surface area (Å²) < 4.78 is 17.3. The fourth-order valence-electron chi connectivity index (χ4n) is 7.37. The highest BCUT2D eigenvalue weighted by Crippen LogP contribution is 2.24. The predicted octanol–water partition coefficient (Wildman–Crippen LogP) is 12.5. The summed E-state index contributed by atoms with van der Waals surface area (Å²) in [6.07, 6.45) is 39.2. The molecule has 0 saturated carbocycles. The molecular weight excluding hydrogens is 650 g/mol. The van der Waals surface area contributed by atoms with Gasteiger partial charge in [0, 0.05) is 12.8 Å². The van der Waals surface area contributed by atoms with Gasteiger partial charge in [0.15, 0.2) is 0 Å². The summed E-state index contributed by atoms with van der Waals surface area (Å²) in [5, 5.41) is 0. The maximum absolute atomic E-state index is 12.7. The number of unbranched alkanes of at least 4 members (excludes halogenated alkanes) is 28. The Morgan fingerprint density at radius 3 is 0.962 bits per heavy atom. The van der Waals surface area contributed by atoms with Crippen LogP contribution in [0.1, 0.15) is 219 Å². The van der Waals surface area contributed by atoms with Gasteiger partial charge in [-0.3, -0.25) is 14.4 Å². The van der Waals surface area contributed by atoms with E-state index in [2.05, 4.69) is 13.8 Å². The zero-order chi connectivity index (χ0) is 38.4. The van der Waals surface area contributed by atoms with Crippen molar-refractivity contribution >= 4 is 18.4 Å². The lowest BCUT2D eigenvalue weighted by Crippen LogP contribution is -2.52. The van der Waals surface area contributed by atoms with Gasteiger partial charge in [0.2, 0.25) is 0 Å². The molecule has 0 aromatic carbocycles. The average molecular weight is 739 g/mol. The molecule has 0 fully saturated rings. The number of ether oxygens (including phenoxy) is 3. The average Bonchev–Trinajstić information content (AvgIpc) is 3.11. The molecule has 308 valence electrons. The van der Waals surface area contributed by atoms with Crippen LogP contribution in [-0.4, -0.2) is 70.4 Å². The van der Waals surface area contributed by atoms with Crippen molar-refractivity contribution in [2.45, 2.75) is 219 Å². The van der Waals surface area contributed by atoms with E-state index in [1.165, 1.54) is 154 Å². The van der Waals surface area contributed by atoms with Crippen LogP contribution in [0.15, 0.2) is 0 Å². The van der Waals surface area contributed by atoms with E-state index in [-0.39, 0.29) is 31.8 Å². The fourth-order valence-corrected chi connectivity index (χ4v) is 7.37. The first-order valence-corrected chi connectivity index (χ1v) is 22.3. The van der Waals surface area contributed by atoms with Crippen LogP contribution < -0.4 is 0 Å². The number of rotatable bonds is 41. The second-order valence-corrected chi connectivity index (χ2v) is 17.1. The van der Waals surface area contributed by atoms with Crippen LogP contribution in [0.2, 0.25) is 0 Å². The van der Waals surface area contributed by atoms with E-state index < -0.39 is 5.41 Å². The Balaban J connectivity index is 4.25. The van der Waals surface area contributed by atoms with Gasteiger partial charge in [0.25, 0.3) is 6.47 Å². The van der Waals surface area contributed by atoms with Crippen LogP contribution in [0, 0.1) is 5.41 Å². The zero-order valence-corrected chi connectivity index (χ0v) is 35.4. The molecule has 0 heterocycles. The highest BCUT2D eigenvalue weighted by molar-refractivity contribution is 5.69. The normalized spacial score (nSPS) is 11.9. The third-order valence-corrected chi connectivity index (χ3v) is 10.3. The lowest BCUT2D eigenvalue weighted by atomic mass is 9.89. The predicted molar refractivity (Wildman–Crippen MR) is 218 cm³/mol. The molecule has 0 bridgehead atoms. The van der Waals surface area contributed by atoms with Gasteiger partial charge in [0.05, 0.1) is 27.7 Å². The van der Waals surface area contributed by atoms with E-state index in [9.17, 15) is 14.4 Å². The van der Waals surface area contributed by atoms with Gasteiger partial charge in [0.1, 0.15) is 25.2 Å². The van der Waals surface area contributed by atoms with Crippen LogP contribution in [0.4, 0.5) is 0 Å². The smallest absolute Gasteiger partial charge is 0.305 e. The van der Waals surface area contributed by atoms with Gasteiger partial charge in [-0.25, -0.2) is 0 Å². The van der Waals surface area contributed by atoms with E-state index in [4.69, 9.17) is 14.2 Å². The van der Waals surface area contributed by atoms with E-state index in [0.29, 0.717) is 30.3 Å². The monoisotopic (exact) mass is 739 g/mol. The molecule has 0 unspecified atom stereocenters. The molecule has 7 heteroatoms. The zero-order valence-electron chi connectivity index (χ0n) is 35.4. The molecular formula is C45H88NO6+. The molecule has 0 atom stereocenters. The molecule has 0 aliphatic carbocycles. The van der Waals surface area contributed by atoms with Gasteiger partial charge in [-0.15, -0.1) is 0 Å². The Bertz CT molecular complexity index is 760. The van der Waals surface area contributed by atoms with Crippen LogP contribution in [0.3, 0.4) is 0 Å². The van der Waals surface area contributed by atoms with Crippen molar-refractivity contribution in [3.8, 4) is 0 Å². The summed E-state index contributed by atoms with van der Waals surface area (Å²) in [6, 6.07) is 0. The highest BCUT2D eigenvalue weighted by Gasteiger charge is 2.40. The minimum Gasteiger partial charge on any atom is -0.467 e. The van der Waals surface area contributed by atoms with Gasteiger partial charge < -0.3 is 18.7 Å². The molecule has 0 aliphatic heterocycles. The Labute approximate surface area is 323 Å². The van der Waals surface area contributed by atoms with E-state index in [0.717, 1.165) is 38.5 Å². The number of esters is 2. The van der Waals surface area contributed by atoms with Crippen LogP contribution in [0.5, 0.6) is 0 Å². The van der Waals surface area contributed by atoms with Gasteiger partial charge in [-0.2, -0.15) is 0 Å². The van der Waals surface area contributed by atoms with Crippen molar-refractivity contribution in [1.29, 1.82) is 0 Å². The summed E-state index contributed by atoms with van der Waals surface area (Å²) >= 11 is 0. The standard InChI is InChI=1S/C45H88NO6/c1-6-8-10-12-14-16-18-20-22-24-26-28-30-32-34-36-43(48)51-40-45(39-50-42-47,38-46(3,4)5)41-52-44(49)37-35-33-31-29-27-25-23-21-19-17-15-13-11-9-7-2/h42H,6-41H2,1-5H3/q+1. The third-order valence-electron chi connectivity index (χ3n) is 10.3. The highest BCUT2D eigenvalue weighted by atomic mass is 16.6. The molecule has 52 heavy (non-hydrogen) atoms. The fraction of sp³-hybridized carbons (Fsp3) is 0.933. The number of quaternary nitrogens is 1. The summed E-state index contributed by atoms with van der Waals surface area (Å²) in [7, 11) is 6.10. The van der Waals surface area contributed by atoms with E-state index >= 15 is 0 Å². The second kappa shape index (κ2) is 36.4. The van der Waals surface area contributed by atoms with Crippen molar-refractivity contribution in [2.75, 3.05) is 47.5 Å². The van der Waals surface area contributed by atoms with Crippen molar-refractivity contribution in [3.05, 3.63) is 0 Å². The third kappa shape index (κ3) is 35.4. The molecule has 0 rings (SSSR count). The van der Waals surface area contributed by atoms with Crippen LogP contribution in [-0.2, 0) is 28.6 Å². The lowest BCUT2D eigenvalue weighted by molar-refractivity contribution is -0.877. The molecule has 0 saturated heterocycles. The quantitative estimate of drug-likeness (QED) is 0.0204. The first-order valence-electron chi connectivity index (χ1n) is 22.3. The summed E-state index contributed by atoms with van der Waals surface area (Å²) in [6.45, 7) is 5.63. The number of carbonyl (C=O) groups excluding carboxylic acids is 3. The maximum Gasteiger partial charge on any atom is 0.305 e. The molecule has 0 amide bonds. The molecule has 0 aromatic heterocycles. The van der Waals surface area contributed by atoms with Crippen molar-refractivity contribution in [3.63, 3.8) is 0 Å². The van der Waals surface area contributed by atoms with Crippen molar-refractivity contribution < 1.29 is 33.1 Å². The van der Waals surface area contributed by atoms with Gasteiger partial charge in [-0.05, 0) is 12.8 Å². The summed E-state index contributed by atoms with van der Waals surface area (Å²) in [4.78, 5) is 36.6. The summed E-state index contributed by atoms with van der Waals surface area (Å²) in [5.41, 5.74) is -0.797. The lowest BCUT2D eigenvalue weighted by Gasteiger charge is -2.37. The van der Waals surface area contributed by atoms with E-state index in [1.54, 1.807) is 0 Å².